The van der Waals surface area contributed by atoms with Crippen LogP contribution in [0.4, 0.5) is 0 Å². The number of aliphatic imine (C=N–C) groups is 1. The molecule has 1 aliphatic heterocycles. The molecular formula is C25H37IN4O2. The Hall–Kier alpha value is -1.84. The van der Waals surface area contributed by atoms with Crippen molar-refractivity contribution in [3.63, 3.8) is 0 Å². The number of benzene rings is 2. The Morgan fingerprint density at radius 1 is 1.06 bits per heavy atom. The minimum Gasteiger partial charge on any atom is -0.496 e. The molecule has 1 heterocycles. The standard InChI is InChI=1S/C25H36N4O2.HI/c1-20-8-4-5-9-21(20)18-29-15-12-23(13-16-29)28-25(26-2)27-14-17-31-19-22-10-6-7-11-24(22)30-3;/h4-11,23H,12-19H2,1-3H3,(H2,26,27,28);1H. The summed E-state index contributed by atoms with van der Waals surface area (Å²) in [6.07, 6.45) is 2.24. The summed E-state index contributed by atoms with van der Waals surface area (Å²) in [6, 6.07) is 17.1. The molecule has 176 valence electrons. The number of hydrogen-bond acceptors (Lipinski definition) is 4. The van der Waals surface area contributed by atoms with Crippen LogP contribution in [-0.2, 0) is 17.9 Å². The lowest BCUT2D eigenvalue weighted by molar-refractivity contribution is 0.123. The zero-order valence-corrected chi connectivity index (χ0v) is 21.8. The van der Waals surface area contributed by atoms with E-state index in [1.165, 1.54) is 11.1 Å². The van der Waals surface area contributed by atoms with Gasteiger partial charge < -0.3 is 20.1 Å². The van der Waals surface area contributed by atoms with Crippen LogP contribution in [-0.4, -0.2) is 57.3 Å². The maximum Gasteiger partial charge on any atom is 0.191 e. The van der Waals surface area contributed by atoms with Gasteiger partial charge in [-0.15, -0.1) is 24.0 Å². The number of likely N-dealkylation sites (tertiary alicyclic amines) is 1. The van der Waals surface area contributed by atoms with Crippen molar-refractivity contribution in [3.05, 3.63) is 65.2 Å². The number of nitrogens with zero attached hydrogens (tertiary/aromatic N) is 2. The fourth-order valence-corrected chi connectivity index (χ4v) is 3.90. The van der Waals surface area contributed by atoms with Gasteiger partial charge in [0.05, 0.1) is 20.3 Å². The monoisotopic (exact) mass is 552 g/mol. The van der Waals surface area contributed by atoms with Gasteiger partial charge in [0.15, 0.2) is 5.96 Å². The molecule has 2 N–H and O–H groups in total. The number of para-hydroxylation sites is 1. The summed E-state index contributed by atoms with van der Waals surface area (Å²) >= 11 is 0. The highest BCUT2D eigenvalue weighted by molar-refractivity contribution is 14.0. The van der Waals surface area contributed by atoms with Gasteiger partial charge in [-0.2, -0.15) is 0 Å². The van der Waals surface area contributed by atoms with Crippen LogP contribution in [0.25, 0.3) is 0 Å². The van der Waals surface area contributed by atoms with E-state index >= 15 is 0 Å². The second-order valence-corrected chi connectivity index (χ2v) is 7.98. The number of nitrogens with one attached hydrogen (secondary N) is 2. The van der Waals surface area contributed by atoms with Crippen LogP contribution in [0.2, 0.25) is 0 Å². The highest BCUT2D eigenvalue weighted by atomic mass is 127. The molecule has 0 aliphatic carbocycles. The maximum absolute atomic E-state index is 5.80. The molecule has 0 unspecified atom stereocenters. The van der Waals surface area contributed by atoms with Crippen molar-refractivity contribution >= 4 is 29.9 Å². The SMILES string of the molecule is CN=C(NCCOCc1ccccc1OC)NC1CCN(Cc2ccccc2C)CC1.I. The molecule has 0 spiro atoms. The minimum absolute atomic E-state index is 0. The lowest BCUT2D eigenvalue weighted by atomic mass is 10.0. The predicted molar refractivity (Wildman–Crippen MR) is 142 cm³/mol. The van der Waals surface area contributed by atoms with Crippen LogP contribution in [0.5, 0.6) is 5.75 Å². The van der Waals surface area contributed by atoms with Crippen molar-refractivity contribution in [1.82, 2.24) is 15.5 Å². The van der Waals surface area contributed by atoms with Gasteiger partial charge in [0, 0.05) is 44.8 Å². The first-order valence-electron chi connectivity index (χ1n) is 11.1. The van der Waals surface area contributed by atoms with E-state index in [-0.39, 0.29) is 24.0 Å². The summed E-state index contributed by atoms with van der Waals surface area (Å²) < 4.78 is 11.2. The molecule has 0 atom stereocenters. The van der Waals surface area contributed by atoms with Crippen LogP contribution in [0.3, 0.4) is 0 Å². The molecular weight excluding hydrogens is 515 g/mol. The van der Waals surface area contributed by atoms with Gasteiger partial charge in [0.25, 0.3) is 0 Å². The Labute approximate surface area is 209 Å². The first-order valence-corrected chi connectivity index (χ1v) is 11.1. The minimum atomic E-state index is 0. The highest BCUT2D eigenvalue weighted by Gasteiger charge is 2.20. The molecule has 1 saturated heterocycles. The fourth-order valence-electron chi connectivity index (χ4n) is 3.90. The number of hydrogen-bond donors (Lipinski definition) is 2. The quantitative estimate of drug-likeness (QED) is 0.214. The van der Waals surface area contributed by atoms with E-state index in [2.05, 4.69) is 51.7 Å². The zero-order chi connectivity index (χ0) is 21.9. The molecule has 1 aliphatic rings. The van der Waals surface area contributed by atoms with Crippen molar-refractivity contribution in [3.8, 4) is 5.75 Å². The summed E-state index contributed by atoms with van der Waals surface area (Å²) in [7, 11) is 3.50. The predicted octanol–water partition coefficient (Wildman–Crippen LogP) is 3.97. The summed E-state index contributed by atoms with van der Waals surface area (Å²) in [4.78, 5) is 6.91. The van der Waals surface area contributed by atoms with Crippen molar-refractivity contribution in [2.24, 2.45) is 4.99 Å². The van der Waals surface area contributed by atoms with Crippen LogP contribution in [0, 0.1) is 6.92 Å². The second kappa shape index (κ2) is 14.3. The van der Waals surface area contributed by atoms with Crippen LogP contribution in [0.1, 0.15) is 29.5 Å². The van der Waals surface area contributed by atoms with Gasteiger partial charge in [0.1, 0.15) is 5.75 Å². The Morgan fingerprint density at radius 3 is 2.44 bits per heavy atom. The molecule has 3 rings (SSSR count). The zero-order valence-electron chi connectivity index (χ0n) is 19.5. The van der Waals surface area contributed by atoms with E-state index in [1.54, 1.807) is 7.11 Å². The van der Waals surface area contributed by atoms with Crippen molar-refractivity contribution in [1.29, 1.82) is 0 Å². The van der Waals surface area contributed by atoms with Crippen LogP contribution < -0.4 is 15.4 Å². The maximum atomic E-state index is 5.80. The Morgan fingerprint density at radius 2 is 1.75 bits per heavy atom. The summed E-state index contributed by atoms with van der Waals surface area (Å²) in [5, 5.41) is 6.92. The third-order valence-corrected chi connectivity index (χ3v) is 5.80. The van der Waals surface area contributed by atoms with Crippen LogP contribution >= 0.6 is 24.0 Å². The molecule has 0 saturated carbocycles. The lowest BCUT2D eigenvalue weighted by Gasteiger charge is -2.33. The van der Waals surface area contributed by atoms with E-state index < -0.39 is 0 Å². The molecule has 6 nitrogen and oxygen atoms in total. The molecule has 32 heavy (non-hydrogen) atoms. The highest BCUT2D eigenvalue weighted by Crippen LogP contribution is 2.18. The van der Waals surface area contributed by atoms with Gasteiger partial charge >= 0.3 is 0 Å². The van der Waals surface area contributed by atoms with E-state index in [9.17, 15) is 0 Å². The van der Waals surface area contributed by atoms with Crippen molar-refractivity contribution in [2.75, 3.05) is 40.4 Å². The first kappa shape index (κ1) is 26.4. The summed E-state index contributed by atoms with van der Waals surface area (Å²) in [5.41, 5.74) is 3.87. The summed E-state index contributed by atoms with van der Waals surface area (Å²) in [6.45, 7) is 7.29. The Bertz CT molecular complexity index is 838. The number of piperidine rings is 1. The summed E-state index contributed by atoms with van der Waals surface area (Å²) in [5.74, 6) is 1.71. The molecule has 0 aromatic heterocycles. The van der Waals surface area contributed by atoms with Gasteiger partial charge in [0.2, 0.25) is 0 Å². The molecule has 2 aromatic rings. The number of methoxy groups -OCH3 is 1. The third-order valence-electron chi connectivity index (χ3n) is 5.80. The van der Waals surface area contributed by atoms with Gasteiger partial charge in [-0.25, -0.2) is 0 Å². The molecule has 2 aromatic carbocycles. The van der Waals surface area contributed by atoms with Gasteiger partial charge in [-0.05, 0) is 37.0 Å². The molecule has 1 fully saturated rings. The molecule has 0 bridgehead atoms. The number of ether oxygens (including phenoxy) is 2. The third kappa shape index (κ3) is 8.26. The number of guanidine groups is 1. The number of rotatable bonds is 9. The van der Waals surface area contributed by atoms with E-state index in [0.29, 0.717) is 25.8 Å². The largest absolute Gasteiger partial charge is 0.496 e. The molecule has 0 radical (unpaired) electrons. The Kier molecular flexibility index (Phi) is 11.8. The van der Waals surface area contributed by atoms with Crippen molar-refractivity contribution in [2.45, 2.75) is 39.0 Å². The molecule has 7 heteroatoms. The average molecular weight is 553 g/mol. The van der Waals surface area contributed by atoms with E-state index in [0.717, 1.165) is 49.7 Å². The number of halogens is 1. The Balaban J connectivity index is 0.00000363. The molecule has 0 amide bonds. The second-order valence-electron chi connectivity index (χ2n) is 7.98. The average Bonchev–Trinajstić information content (AvgIpc) is 2.81. The smallest absolute Gasteiger partial charge is 0.191 e. The van der Waals surface area contributed by atoms with Gasteiger partial charge in [-0.3, -0.25) is 9.89 Å². The lowest BCUT2D eigenvalue weighted by Crippen LogP contribution is -2.49. The first-order chi connectivity index (χ1) is 15.2. The fraction of sp³-hybridized carbons (Fsp3) is 0.480. The van der Waals surface area contributed by atoms with E-state index in [4.69, 9.17) is 9.47 Å². The topological polar surface area (TPSA) is 58.1 Å². The number of aryl methyl sites for hydroxylation is 1. The van der Waals surface area contributed by atoms with Crippen molar-refractivity contribution < 1.29 is 9.47 Å². The van der Waals surface area contributed by atoms with E-state index in [1.807, 2.05) is 31.3 Å². The van der Waals surface area contributed by atoms with Gasteiger partial charge in [-0.1, -0.05) is 42.5 Å². The van der Waals surface area contributed by atoms with Crippen LogP contribution in [0.15, 0.2) is 53.5 Å². The normalized spacial score (nSPS) is 15.2.